The molecular formula is C19H19N3O4. The predicted octanol–water partition coefficient (Wildman–Crippen LogP) is 3.53. The summed E-state index contributed by atoms with van der Waals surface area (Å²) in [7, 11) is 0. The molecule has 2 N–H and O–H groups in total. The quantitative estimate of drug-likeness (QED) is 0.727. The Balaban J connectivity index is 2.03. The lowest BCUT2D eigenvalue weighted by Gasteiger charge is -2.12. The Bertz CT molecular complexity index is 992. The second-order valence-electron chi connectivity index (χ2n) is 6.38. The van der Waals surface area contributed by atoms with Crippen molar-refractivity contribution < 1.29 is 19.2 Å². The van der Waals surface area contributed by atoms with Gasteiger partial charge < -0.3 is 14.9 Å². The summed E-state index contributed by atoms with van der Waals surface area (Å²) in [5, 5.41) is 16.3. The highest BCUT2D eigenvalue weighted by atomic mass is 16.5. The number of aromatic nitrogens is 2. The van der Waals surface area contributed by atoms with E-state index in [1.165, 1.54) is 0 Å². The number of anilines is 1. The standard InChI is InChI=1S/C19H19N3O4/c1-10(2)15-9-13(17-11(3)22-26-19(17)21-15)18(25)20-14-7-5-4-6-12(14)8-16(23)24/h4-7,9-10H,8H2,1-3H3,(H,20,25)(H,23,24). The van der Waals surface area contributed by atoms with Gasteiger partial charge in [0.1, 0.15) is 0 Å². The number of nitrogens with zero attached hydrogens (tertiary/aromatic N) is 2. The highest BCUT2D eigenvalue weighted by Crippen LogP contribution is 2.26. The lowest BCUT2D eigenvalue weighted by Crippen LogP contribution is -2.16. The Morgan fingerprint density at radius 2 is 2.00 bits per heavy atom. The van der Waals surface area contributed by atoms with Crippen molar-refractivity contribution in [2.24, 2.45) is 0 Å². The molecule has 3 aromatic rings. The van der Waals surface area contributed by atoms with Gasteiger partial charge in [0, 0.05) is 11.4 Å². The van der Waals surface area contributed by atoms with Crippen LogP contribution in [-0.2, 0) is 11.2 Å². The zero-order valence-electron chi connectivity index (χ0n) is 14.7. The van der Waals surface area contributed by atoms with Crippen molar-refractivity contribution in [3.8, 4) is 0 Å². The highest BCUT2D eigenvalue weighted by molar-refractivity contribution is 6.12. The van der Waals surface area contributed by atoms with Gasteiger partial charge in [-0.2, -0.15) is 0 Å². The summed E-state index contributed by atoms with van der Waals surface area (Å²) in [5.74, 6) is -1.21. The number of hydrogen-bond acceptors (Lipinski definition) is 5. The molecule has 0 unspecified atom stereocenters. The van der Waals surface area contributed by atoms with Crippen molar-refractivity contribution >= 4 is 28.7 Å². The molecule has 0 aliphatic heterocycles. The summed E-state index contributed by atoms with van der Waals surface area (Å²) < 4.78 is 5.24. The van der Waals surface area contributed by atoms with Crippen molar-refractivity contribution in [1.82, 2.24) is 10.1 Å². The van der Waals surface area contributed by atoms with Crippen molar-refractivity contribution in [3.63, 3.8) is 0 Å². The Labute approximate surface area is 150 Å². The lowest BCUT2D eigenvalue weighted by atomic mass is 10.0. The van der Waals surface area contributed by atoms with E-state index in [-0.39, 0.29) is 18.2 Å². The molecule has 2 aromatic heterocycles. The van der Waals surface area contributed by atoms with Gasteiger partial charge in [0.05, 0.1) is 23.1 Å². The molecule has 0 saturated heterocycles. The molecule has 0 aliphatic carbocycles. The zero-order chi connectivity index (χ0) is 18.8. The normalized spacial score (nSPS) is 11.1. The first kappa shape index (κ1) is 17.6. The van der Waals surface area contributed by atoms with E-state index >= 15 is 0 Å². The topological polar surface area (TPSA) is 105 Å². The van der Waals surface area contributed by atoms with E-state index in [2.05, 4.69) is 15.5 Å². The molecule has 1 aromatic carbocycles. The van der Waals surface area contributed by atoms with Crippen molar-refractivity contribution in [2.75, 3.05) is 5.32 Å². The summed E-state index contributed by atoms with van der Waals surface area (Å²) in [6, 6.07) is 8.56. The average Bonchev–Trinajstić information content (AvgIpc) is 2.96. The number of aryl methyl sites for hydroxylation is 1. The minimum atomic E-state index is -0.963. The number of carbonyl (C=O) groups excluding carboxylic acids is 1. The molecule has 2 heterocycles. The summed E-state index contributed by atoms with van der Waals surface area (Å²) >= 11 is 0. The van der Waals surface area contributed by atoms with Crippen LogP contribution in [0.2, 0.25) is 0 Å². The van der Waals surface area contributed by atoms with Crippen LogP contribution in [0.15, 0.2) is 34.9 Å². The molecule has 0 atom stereocenters. The van der Waals surface area contributed by atoms with Gasteiger partial charge in [-0.1, -0.05) is 37.2 Å². The maximum absolute atomic E-state index is 12.9. The Hall–Kier alpha value is -3.22. The first-order valence-electron chi connectivity index (χ1n) is 8.24. The van der Waals surface area contributed by atoms with E-state index in [0.29, 0.717) is 33.6 Å². The number of benzene rings is 1. The van der Waals surface area contributed by atoms with E-state index in [1.54, 1.807) is 37.3 Å². The summed E-state index contributed by atoms with van der Waals surface area (Å²) in [6.07, 6.45) is -0.175. The van der Waals surface area contributed by atoms with Gasteiger partial charge in [-0.3, -0.25) is 9.59 Å². The molecule has 0 saturated carbocycles. The average molecular weight is 353 g/mol. The monoisotopic (exact) mass is 353 g/mol. The number of para-hydroxylation sites is 1. The number of rotatable bonds is 5. The molecule has 1 amide bonds. The molecule has 0 radical (unpaired) electrons. The Morgan fingerprint density at radius 1 is 1.27 bits per heavy atom. The maximum Gasteiger partial charge on any atom is 0.307 e. The lowest BCUT2D eigenvalue weighted by molar-refractivity contribution is -0.136. The number of aliphatic carboxylic acids is 1. The van der Waals surface area contributed by atoms with Crippen LogP contribution in [0.5, 0.6) is 0 Å². The molecule has 0 bridgehead atoms. The van der Waals surface area contributed by atoms with E-state index < -0.39 is 5.97 Å². The number of carbonyl (C=O) groups is 2. The Kier molecular flexibility index (Phi) is 4.71. The molecule has 0 fully saturated rings. The van der Waals surface area contributed by atoms with Gasteiger partial charge in [-0.05, 0) is 30.5 Å². The van der Waals surface area contributed by atoms with Gasteiger partial charge in [0.2, 0.25) is 0 Å². The van der Waals surface area contributed by atoms with Gasteiger partial charge in [0.15, 0.2) is 0 Å². The van der Waals surface area contributed by atoms with Crippen molar-refractivity contribution in [1.29, 1.82) is 0 Å². The molecule has 0 spiro atoms. The minimum absolute atomic E-state index is 0.107. The molecular weight excluding hydrogens is 334 g/mol. The molecule has 7 nitrogen and oxygen atoms in total. The summed E-state index contributed by atoms with van der Waals surface area (Å²) in [4.78, 5) is 28.4. The van der Waals surface area contributed by atoms with Gasteiger partial charge in [-0.25, -0.2) is 4.98 Å². The fourth-order valence-electron chi connectivity index (χ4n) is 2.74. The summed E-state index contributed by atoms with van der Waals surface area (Å²) in [5.41, 5.74) is 3.01. The SMILES string of the molecule is Cc1noc2nc(C(C)C)cc(C(=O)Nc3ccccc3CC(=O)O)c12. The molecule has 3 rings (SSSR count). The van der Waals surface area contributed by atoms with E-state index in [1.807, 2.05) is 13.8 Å². The van der Waals surface area contributed by atoms with E-state index in [9.17, 15) is 9.59 Å². The van der Waals surface area contributed by atoms with Crippen LogP contribution in [0.4, 0.5) is 5.69 Å². The van der Waals surface area contributed by atoms with E-state index in [4.69, 9.17) is 9.63 Å². The zero-order valence-corrected chi connectivity index (χ0v) is 14.7. The fourth-order valence-corrected chi connectivity index (χ4v) is 2.74. The number of carboxylic acids is 1. The Morgan fingerprint density at radius 3 is 2.69 bits per heavy atom. The number of fused-ring (bicyclic) bond motifs is 1. The van der Waals surface area contributed by atoms with Crippen LogP contribution in [0.3, 0.4) is 0 Å². The third-order valence-corrected chi connectivity index (χ3v) is 4.08. The minimum Gasteiger partial charge on any atom is -0.481 e. The van der Waals surface area contributed by atoms with Gasteiger partial charge >= 0.3 is 5.97 Å². The van der Waals surface area contributed by atoms with Gasteiger partial charge in [-0.15, -0.1) is 0 Å². The predicted molar refractivity (Wildman–Crippen MR) is 96.4 cm³/mol. The van der Waals surface area contributed by atoms with Crippen molar-refractivity contribution in [3.05, 3.63) is 52.8 Å². The third kappa shape index (κ3) is 3.42. The van der Waals surface area contributed by atoms with Gasteiger partial charge in [0.25, 0.3) is 11.6 Å². The first-order chi connectivity index (χ1) is 12.4. The molecule has 7 heteroatoms. The maximum atomic E-state index is 12.9. The third-order valence-electron chi connectivity index (χ3n) is 4.08. The van der Waals surface area contributed by atoms with Crippen LogP contribution in [0, 0.1) is 6.92 Å². The fraction of sp³-hybridized carbons (Fsp3) is 0.263. The second-order valence-corrected chi connectivity index (χ2v) is 6.38. The molecule has 134 valence electrons. The number of pyridine rings is 1. The van der Waals surface area contributed by atoms with Crippen LogP contribution in [0.25, 0.3) is 11.1 Å². The van der Waals surface area contributed by atoms with Crippen LogP contribution < -0.4 is 5.32 Å². The second kappa shape index (κ2) is 6.95. The number of nitrogens with one attached hydrogen (secondary N) is 1. The number of amides is 1. The van der Waals surface area contributed by atoms with E-state index in [0.717, 1.165) is 5.69 Å². The summed E-state index contributed by atoms with van der Waals surface area (Å²) in [6.45, 7) is 5.69. The highest BCUT2D eigenvalue weighted by Gasteiger charge is 2.20. The van der Waals surface area contributed by atoms with Crippen LogP contribution in [0.1, 0.15) is 47.1 Å². The van der Waals surface area contributed by atoms with Crippen LogP contribution in [-0.4, -0.2) is 27.1 Å². The first-order valence-corrected chi connectivity index (χ1v) is 8.24. The van der Waals surface area contributed by atoms with Crippen molar-refractivity contribution in [2.45, 2.75) is 33.1 Å². The smallest absolute Gasteiger partial charge is 0.307 e. The van der Waals surface area contributed by atoms with Crippen LogP contribution >= 0.6 is 0 Å². The number of carboxylic acid groups (broad SMARTS) is 1. The largest absolute Gasteiger partial charge is 0.481 e. The molecule has 0 aliphatic rings. The number of hydrogen-bond donors (Lipinski definition) is 2. The molecule has 26 heavy (non-hydrogen) atoms.